The fourth-order valence-corrected chi connectivity index (χ4v) is 3.11. The number of nitrogens with zero attached hydrogens (tertiary/aromatic N) is 1. The quantitative estimate of drug-likeness (QED) is 0.671. The first-order valence-corrected chi connectivity index (χ1v) is 8.93. The molecule has 4 nitrogen and oxygen atoms in total. The fourth-order valence-electron chi connectivity index (χ4n) is 2.36. The Labute approximate surface area is 147 Å². The van der Waals surface area contributed by atoms with E-state index in [4.69, 9.17) is 4.74 Å². The Bertz CT molecular complexity index is 641. The number of hydrogen-bond donors (Lipinski definition) is 1. The maximum Gasteiger partial charge on any atom is 0.234 e. The molecule has 0 fully saturated rings. The van der Waals surface area contributed by atoms with E-state index >= 15 is 0 Å². The van der Waals surface area contributed by atoms with E-state index in [0.717, 1.165) is 17.9 Å². The van der Waals surface area contributed by atoms with E-state index in [1.54, 1.807) is 11.3 Å². The van der Waals surface area contributed by atoms with Crippen LogP contribution < -0.4 is 10.1 Å². The van der Waals surface area contributed by atoms with Gasteiger partial charge in [0.1, 0.15) is 5.75 Å². The Hall–Kier alpha value is -2.11. The van der Waals surface area contributed by atoms with E-state index in [1.165, 1.54) is 4.88 Å². The zero-order valence-corrected chi connectivity index (χ0v) is 14.8. The van der Waals surface area contributed by atoms with Gasteiger partial charge in [-0.25, -0.2) is 0 Å². The minimum Gasteiger partial charge on any atom is -0.494 e. The number of hydrogen-bond acceptors (Lipinski definition) is 4. The SMILES string of the molecule is C=CCN(CC(=O)NCc1cccc(OCC)c1)Cc1cccs1. The van der Waals surface area contributed by atoms with Crippen LogP contribution in [0.25, 0.3) is 0 Å². The Kier molecular flexibility index (Phi) is 7.52. The van der Waals surface area contributed by atoms with Gasteiger partial charge in [-0.2, -0.15) is 0 Å². The van der Waals surface area contributed by atoms with Crippen LogP contribution in [0.2, 0.25) is 0 Å². The van der Waals surface area contributed by atoms with Crippen molar-refractivity contribution in [2.45, 2.75) is 20.0 Å². The zero-order chi connectivity index (χ0) is 17.2. The minimum absolute atomic E-state index is 0.00946. The van der Waals surface area contributed by atoms with E-state index in [2.05, 4.69) is 22.9 Å². The van der Waals surface area contributed by atoms with Gasteiger partial charge in [0.15, 0.2) is 0 Å². The highest BCUT2D eigenvalue weighted by Crippen LogP contribution is 2.13. The lowest BCUT2D eigenvalue weighted by Gasteiger charge is -2.19. The van der Waals surface area contributed by atoms with Crippen molar-refractivity contribution in [1.29, 1.82) is 0 Å². The van der Waals surface area contributed by atoms with Crippen molar-refractivity contribution in [3.63, 3.8) is 0 Å². The van der Waals surface area contributed by atoms with Crippen LogP contribution >= 0.6 is 11.3 Å². The first-order valence-electron chi connectivity index (χ1n) is 8.05. The average Bonchev–Trinajstić information content (AvgIpc) is 3.07. The molecule has 128 valence electrons. The zero-order valence-electron chi connectivity index (χ0n) is 14.0. The topological polar surface area (TPSA) is 41.6 Å². The van der Waals surface area contributed by atoms with Crippen molar-refractivity contribution in [1.82, 2.24) is 10.2 Å². The molecule has 2 rings (SSSR count). The molecule has 1 aromatic heterocycles. The van der Waals surface area contributed by atoms with Crippen molar-refractivity contribution in [3.8, 4) is 5.75 Å². The molecule has 1 N–H and O–H groups in total. The third-order valence-electron chi connectivity index (χ3n) is 3.41. The predicted molar refractivity (Wildman–Crippen MR) is 99.3 cm³/mol. The van der Waals surface area contributed by atoms with Gasteiger partial charge in [0, 0.05) is 24.5 Å². The van der Waals surface area contributed by atoms with Crippen LogP contribution in [0.5, 0.6) is 5.75 Å². The summed E-state index contributed by atoms with van der Waals surface area (Å²) in [6, 6.07) is 11.9. The number of amides is 1. The lowest BCUT2D eigenvalue weighted by Crippen LogP contribution is -2.36. The van der Waals surface area contributed by atoms with Crippen molar-refractivity contribution in [2.24, 2.45) is 0 Å². The summed E-state index contributed by atoms with van der Waals surface area (Å²) in [5, 5.41) is 5.02. The Morgan fingerprint density at radius 2 is 2.25 bits per heavy atom. The molecule has 1 heterocycles. The van der Waals surface area contributed by atoms with Gasteiger partial charge in [-0.1, -0.05) is 24.3 Å². The van der Waals surface area contributed by atoms with Gasteiger partial charge >= 0.3 is 0 Å². The van der Waals surface area contributed by atoms with Crippen LogP contribution in [-0.4, -0.2) is 30.5 Å². The number of benzene rings is 1. The molecule has 5 heteroatoms. The Morgan fingerprint density at radius 1 is 1.38 bits per heavy atom. The molecule has 0 unspecified atom stereocenters. The second-order valence-corrected chi connectivity index (χ2v) is 6.43. The largest absolute Gasteiger partial charge is 0.494 e. The highest BCUT2D eigenvalue weighted by molar-refractivity contribution is 7.09. The lowest BCUT2D eigenvalue weighted by molar-refractivity contribution is -0.122. The number of rotatable bonds is 10. The number of thiophene rings is 1. The van der Waals surface area contributed by atoms with E-state index in [-0.39, 0.29) is 5.91 Å². The van der Waals surface area contributed by atoms with E-state index < -0.39 is 0 Å². The molecule has 0 aliphatic carbocycles. The van der Waals surface area contributed by atoms with Gasteiger partial charge in [0.2, 0.25) is 5.91 Å². The van der Waals surface area contributed by atoms with Crippen LogP contribution in [0.3, 0.4) is 0 Å². The van der Waals surface area contributed by atoms with Crippen LogP contribution in [0.1, 0.15) is 17.4 Å². The molecule has 0 aliphatic heterocycles. The fraction of sp³-hybridized carbons (Fsp3) is 0.316. The van der Waals surface area contributed by atoms with Crippen molar-refractivity contribution >= 4 is 17.2 Å². The molecule has 0 spiro atoms. The number of carbonyl (C=O) groups is 1. The molecular weight excluding hydrogens is 320 g/mol. The number of carbonyl (C=O) groups excluding carboxylic acids is 1. The number of nitrogens with one attached hydrogen (secondary N) is 1. The maximum atomic E-state index is 12.2. The predicted octanol–water partition coefficient (Wildman–Crippen LogP) is 3.45. The third kappa shape index (κ3) is 6.18. The average molecular weight is 344 g/mol. The Balaban J connectivity index is 1.84. The monoisotopic (exact) mass is 344 g/mol. The molecular formula is C19H24N2O2S. The van der Waals surface area contributed by atoms with Crippen LogP contribution in [0.4, 0.5) is 0 Å². The summed E-state index contributed by atoms with van der Waals surface area (Å²) in [7, 11) is 0. The summed E-state index contributed by atoms with van der Waals surface area (Å²) in [5.74, 6) is 0.838. The summed E-state index contributed by atoms with van der Waals surface area (Å²) < 4.78 is 5.48. The van der Waals surface area contributed by atoms with E-state index in [9.17, 15) is 4.79 Å². The van der Waals surface area contributed by atoms with Gasteiger partial charge in [0.05, 0.1) is 13.2 Å². The lowest BCUT2D eigenvalue weighted by atomic mass is 10.2. The normalized spacial score (nSPS) is 10.6. The molecule has 0 atom stereocenters. The highest BCUT2D eigenvalue weighted by Gasteiger charge is 2.10. The maximum absolute atomic E-state index is 12.2. The van der Waals surface area contributed by atoms with Crippen molar-refractivity contribution in [2.75, 3.05) is 19.7 Å². The standard InChI is InChI=1S/C19H24N2O2S/c1-3-10-21(14-18-9-6-11-24-18)15-19(22)20-13-16-7-5-8-17(12-16)23-4-2/h3,5-9,11-12H,1,4,10,13-15H2,2H3,(H,20,22). The van der Waals surface area contributed by atoms with Crippen molar-refractivity contribution in [3.05, 3.63) is 64.9 Å². The van der Waals surface area contributed by atoms with E-state index in [0.29, 0.717) is 26.2 Å². The number of ether oxygens (including phenoxy) is 1. The molecule has 1 aromatic carbocycles. The molecule has 0 saturated heterocycles. The van der Waals surface area contributed by atoms with Gasteiger partial charge in [-0.3, -0.25) is 9.69 Å². The molecule has 2 aromatic rings. The first kappa shape index (κ1) is 18.2. The first-order chi connectivity index (χ1) is 11.7. The van der Waals surface area contributed by atoms with Crippen LogP contribution in [-0.2, 0) is 17.9 Å². The Morgan fingerprint density at radius 3 is 2.96 bits per heavy atom. The molecule has 0 aliphatic rings. The second-order valence-electron chi connectivity index (χ2n) is 5.39. The van der Waals surface area contributed by atoms with E-state index in [1.807, 2.05) is 48.7 Å². The summed E-state index contributed by atoms with van der Waals surface area (Å²) in [5.41, 5.74) is 1.03. The van der Waals surface area contributed by atoms with Gasteiger partial charge in [-0.05, 0) is 36.1 Å². The summed E-state index contributed by atoms with van der Waals surface area (Å²) in [4.78, 5) is 15.5. The third-order valence-corrected chi connectivity index (χ3v) is 4.27. The summed E-state index contributed by atoms with van der Waals surface area (Å²) in [6.07, 6.45) is 1.83. The highest BCUT2D eigenvalue weighted by atomic mass is 32.1. The van der Waals surface area contributed by atoms with Gasteiger partial charge in [-0.15, -0.1) is 17.9 Å². The van der Waals surface area contributed by atoms with Gasteiger partial charge in [0.25, 0.3) is 0 Å². The molecule has 24 heavy (non-hydrogen) atoms. The summed E-state index contributed by atoms with van der Waals surface area (Å²) in [6.45, 7) is 8.67. The molecule has 1 amide bonds. The summed E-state index contributed by atoms with van der Waals surface area (Å²) >= 11 is 1.70. The van der Waals surface area contributed by atoms with Crippen LogP contribution in [0, 0.1) is 0 Å². The van der Waals surface area contributed by atoms with Gasteiger partial charge < -0.3 is 10.1 Å². The molecule has 0 saturated carbocycles. The molecule has 0 bridgehead atoms. The van der Waals surface area contributed by atoms with Crippen LogP contribution in [0.15, 0.2) is 54.4 Å². The minimum atomic E-state index is 0.00946. The second kappa shape index (κ2) is 9.90. The van der Waals surface area contributed by atoms with Crippen molar-refractivity contribution < 1.29 is 9.53 Å². The molecule has 0 radical (unpaired) electrons. The smallest absolute Gasteiger partial charge is 0.234 e.